The van der Waals surface area contributed by atoms with Crippen LogP contribution in [-0.4, -0.2) is 54.9 Å². The summed E-state index contributed by atoms with van der Waals surface area (Å²) in [4.78, 5) is 13.8. The van der Waals surface area contributed by atoms with Gasteiger partial charge in [0.15, 0.2) is 5.60 Å². The summed E-state index contributed by atoms with van der Waals surface area (Å²) in [7, 11) is 1.31. The summed E-state index contributed by atoms with van der Waals surface area (Å²) in [5.74, 6) is 0.323. The first-order valence-corrected chi connectivity index (χ1v) is 9.38. The van der Waals surface area contributed by atoms with Gasteiger partial charge in [-0.1, -0.05) is 42.5 Å². The largest absolute Gasteiger partial charge is 0.492 e. The number of carbonyl (C=O) groups is 1. The number of carbonyl (C=O) groups excluding carboxylic acids is 1. The molecule has 1 N–H and O–H groups in total. The molecule has 2 aromatic rings. The zero-order valence-electron chi connectivity index (χ0n) is 15.8. The Balaban J connectivity index is 1.40. The van der Waals surface area contributed by atoms with Crippen LogP contribution in [0.2, 0.25) is 0 Å². The molecule has 0 aromatic heterocycles. The Hall–Kier alpha value is -2.37. The summed E-state index contributed by atoms with van der Waals surface area (Å²) in [6.45, 7) is 2.66. The van der Waals surface area contributed by atoms with Gasteiger partial charge in [0.05, 0.1) is 7.11 Å². The third-order valence-corrected chi connectivity index (χ3v) is 5.10. The Morgan fingerprint density at radius 3 is 2.30 bits per heavy atom. The molecule has 3 rings (SSSR count). The van der Waals surface area contributed by atoms with Crippen molar-refractivity contribution in [1.29, 1.82) is 0 Å². The standard InChI is InChI=1S/C22H27NO4/c1-26-21(24)22(25)11-13-23(14-12-22)15-16-27-20-9-7-19(8-10-20)17-18-5-3-2-4-6-18/h2-10,25H,11-17H2,1H3. The number of hydrogen-bond donors (Lipinski definition) is 1. The van der Waals surface area contributed by atoms with E-state index in [4.69, 9.17) is 4.74 Å². The topological polar surface area (TPSA) is 59.0 Å². The smallest absolute Gasteiger partial charge is 0.337 e. The molecule has 0 amide bonds. The maximum absolute atomic E-state index is 11.6. The van der Waals surface area contributed by atoms with Crippen molar-refractivity contribution >= 4 is 5.97 Å². The summed E-state index contributed by atoms with van der Waals surface area (Å²) in [6.07, 6.45) is 1.71. The summed E-state index contributed by atoms with van der Waals surface area (Å²) in [5.41, 5.74) is 1.22. The minimum atomic E-state index is -1.33. The molecule has 0 radical (unpaired) electrons. The maximum atomic E-state index is 11.6. The van der Waals surface area contributed by atoms with Gasteiger partial charge in [0.25, 0.3) is 0 Å². The molecule has 5 nitrogen and oxygen atoms in total. The fraction of sp³-hybridized carbons (Fsp3) is 0.409. The number of ether oxygens (including phenoxy) is 2. The minimum absolute atomic E-state index is 0.397. The van der Waals surface area contributed by atoms with Crippen molar-refractivity contribution < 1.29 is 19.4 Å². The van der Waals surface area contributed by atoms with Crippen molar-refractivity contribution in [3.63, 3.8) is 0 Å². The second kappa shape index (κ2) is 9.02. The van der Waals surface area contributed by atoms with Gasteiger partial charge < -0.3 is 14.6 Å². The van der Waals surface area contributed by atoms with Gasteiger partial charge in [0, 0.05) is 19.6 Å². The van der Waals surface area contributed by atoms with Gasteiger partial charge in [0.1, 0.15) is 12.4 Å². The maximum Gasteiger partial charge on any atom is 0.337 e. The summed E-state index contributed by atoms with van der Waals surface area (Å²) >= 11 is 0. The number of methoxy groups -OCH3 is 1. The molecule has 1 saturated heterocycles. The number of rotatable bonds is 7. The first kappa shape index (κ1) is 19.4. The lowest BCUT2D eigenvalue weighted by Gasteiger charge is -2.35. The minimum Gasteiger partial charge on any atom is -0.492 e. The quantitative estimate of drug-likeness (QED) is 0.761. The predicted molar refractivity (Wildman–Crippen MR) is 104 cm³/mol. The number of aliphatic hydroxyl groups is 1. The van der Waals surface area contributed by atoms with E-state index in [9.17, 15) is 9.90 Å². The van der Waals surface area contributed by atoms with Crippen LogP contribution in [0.1, 0.15) is 24.0 Å². The molecule has 1 aliphatic heterocycles. The van der Waals surface area contributed by atoms with Gasteiger partial charge >= 0.3 is 5.97 Å². The fourth-order valence-electron chi connectivity index (χ4n) is 3.37. The third kappa shape index (κ3) is 5.31. The molecule has 0 atom stereocenters. The highest BCUT2D eigenvalue weighted by molar-refractivity contribution is 5.79. The van der Waals surface area contributed by atoms with E-state index in [1.807, 2.05) is 18.2 Å². The molecule has 1 aliphatic rings. The molecular formula is C22H27NO4. The highest BCUT2D eigenvalue weighted by atomic mass is 16.5. The van der Waals surface area contributed by atoms with Gasteiger partial charge in [-0.25, -0.2) is 4.79 Å². The van der Waals surface area contributed by atoms with Crippen molar-refractivity contribution in [3.8, 4) is 5.75 Å². The SMILES string of the molecule is COC(=O)C1(O)CCN(CCOc2ccc(Cc3ccccc3)cc2)CC1. The predicted octanol–water partition coefficient (Wildman–Crippen LogP) is 2.66. The second-order valence-electron chi connectivity index (χ2n) is 7.02. The zero-order chi connectivity index (χ0) is 19.1. The van der Waals surface area contributed by atoms with E-state index in [1.54, 1.807) is 0 Å². The van der Waals surface area contributed by atoms with E-state index < -0.39 is 11.6 Å². The number of likely N-dealkylation sites (tertiary alicyclic amines) is 1. The molecule has 0 saturated carbocycles. The summed E-state index contributed by atoms with van der Waals surface area (Å²) < 4.78 is 10.5. The lowest BCUT2D eigenvalue weighted by Crippen LogP contribution is -2.50. The van der Waals surface area contributed by atoms with Crippen LogP contribution in [0.4, 0.5) is 0 Å². The van der Waals surface area contributed by atoms with Crippen molar-refractivity contribution in [1.82, 2.24) is 4.90 Å². The number of piperidine rings is 1. The number of hydrogen-bond acceptors (Lipinski definition) is 5. The van der Waals surface area contributed by atoms with E-state index in [0.29, 0.717) is 32.5 Å². The van der Waals surface area contributed by atoms with Gasteiger partial charge in [-0.3, -0.25) is 4.90 Å². The Labute approximate surface area is 160 Å². The van der Waals surface area contributed by atoms with Crippen LogP contribution in [-0.2, 0) is 16.0 Å². The monoisotopic (exact) mass is 369 g/mol. The van der Waals surface area contributed by atoms with Crippen molar-refractivity contribution in [3.05, 3.63) is 65.7 Å². The number of benzene rings is 2. The second-order valence-corrected chi connectivity index (χ2v) is 7.02. The fourth-order valence-corrected chi connectivity index (χ4v) is 3.37. The first-order chi connectivity index (χ1) is 13.1. The lowest BCUT2D eigenvalue weighted by molar-refractivity contribution is -0.167. The molecule has 0 aliphatic carbocycles. The van der Waals surface area contributed by atoms with Gasteiger partial charge in [-0.2, -0.15) is 0 Å². The Morgan fingerprint density at radius 1 is 1.04 bits per heavy atom. The Bertz CT molecular complexity index is 722. The van der Waals surface area contributed by atoms with Crippen LogP contribution in [0.3, 0.4) is 0 Å². The molecule has 0 unspecified atom stereocenters. The van der Waals surface area contributed by atoms with E-state index in [0.717, 1.165) is 18.7 Å². The highest BCUT2D eigenvalue weighted by Crippen LogP contribution is 2.23. The zero-order valence-corrected chi connectivity index (χ0v) is 15.8. The number of esters is 1. The molecular weight excluding hydrogens is 342 g/mol. The van der Waals surface area contributed by atoms with Crippen LogP contribution >= 0.6 is 0 Å². The average Bonchev–Trinajstić information content (AvgIpc) is 2.71. The van der Waals surface area contributed by atoms with Crippen LogP contribution < -0.4 is 4.74 Å². The van der Waals surface area contributed by atoms with Crippen molar-refractivity contribution in [2.75, 3.05) is 33.4 Å². The molecule has 144 valence electrons. The molecule has 0 spiro atoms. The van der Waals surface area contributed by atoms with Gasteiger partial charge in [-0.05, 0) is 42.5 Å². The average molecular weight is 369 g/mol. The first-order valence-electron chi connectivity index (χ1n) is 9.38. The van der Waals surface area contributed by atoms with E-state index in [1.165, 1.54) is 18.2 Å². The van der Waals surface area contributed by atoms with E-state index in [2.05, 4.69) is 46.0 Å². The third-order valence-electron chi connectivity index (χ3n) is 5.10. The molecule has 5 heteroatoms. The molecule has 27 heavy (non-hydrogen) atoms. The van der Waals surface area contributed by atoms with E-state index >= 15 is 0 Å². The molecule has 1 fully saturated rings. The van der Waals surface area contributed by atoms with E-state index in [-0.39, 0.29) is 0 Å². The van der Waals surface area contributed by atoms with Gasteiger partial charge in [-0.15, -0.1) is 0 Å². The summed E-state index contributed by atoms with van der Waals surface area (Å²) in [6, 6.07) is 18.6. The normalized spacial score (nSPS) is 16.7. The number of nitrogens with zero attached hydrogens (tertiary/aromatic N) is 1. The van der Waals surface area contributed by atoms with Crippen LogP contribution in [0.5, 0.6) is 5.75 Å². The molecule has 1 heterocycles. The van der Waals surface area contributed by atoms with Crippen LogP contribution in [0.15, 0.2) is 54.6 Å². The van der Waals surface area contributed by atoms with Gasteiger partial charge in [0.2, 0.25) is 0 Å². The van der Waals surface area contributed by atoms with Crippen LogP contribution in [0.25, 0.3) is 0 Å². The van der Waals surface area contributed by atoms with Crippen molar-refractivity contribution in [2.45, 2.75) is 24.9 Å². The molecule has 0 bridgehead atoms. The highest BCUT2D eigenvalue weighted by Gasteiger charge is 2.40. The Morgan fingerprint density at radius 2 is 1.67 bits per heavy atom. The van der Waals surface area contributed by atoms with Crippen molar-refractivity contribution in [2.24, 2.45) is 0 Å². The Kier molecular flexibility index (Phi) is 6.48. The van der Waals surface area contributed by atoms with Crippen LogP contribution in [0, 0.1) is 0 Å². The lowest BCUT2D eigenvalue weighted by atomic mass is 9.91. The molecule has 2 aromatic carbocycles. The summed E-state index contributed by atoms with van der Waals surface area (Å²) in [5, 5.41) is 10.3.